The second-order valence-corrected chi connectivity index (χ2v) is 6.28. The van der Waals surface area contributed by atoms with E-state index in [1.54, 1.807) is 48.5 Å². The average Bonchev–Trinajstić information content (AvgIpc) is 2.71. The van der Waals surface area contributed by atoms with Crippen LogP contribution in [0.25, 0.3) is 0 Å². The van der Waals surface area contributed by atoms with Gasteiger partial charge in [-0.1, -0.05) is 60.1 Å². The van der Waals surface area contributed by atoms with Gasteiger partial charge in [-0.3, -0.25) is 14.4 Å². The Bertz CT molecular complexity index is 839. The first-order valence-corrected chi connectivity index (χ1v) is 9.02. The van der Waals surface area contributed by atoms with E-state index in [0.29, 0.717) is 10.6 Å². The number of esters is 1. The number of nitrogens with one attached hydrogen (secondary N) is 2. The van der Waals surface area contributed by atoms with Gasteiger partial charge in [0, 0.05) is 6.54 Å². The molecule has 0 aliphatic rings. The van der Waals surface area contributed by atoms with Crippen molar-refractivity contribution in [1.82, 2.24) is 10.6 Å². The largest absolute Gasteiger partial charge is 0.456 e. The Morgan fingerprint density at radius 1 is 1.07 bits per heavy atom. The molecule has 2 N–H and O–H groups in total. The van der Waals surface area contributed by atoms with Gasteiger partial charge in [-0.25, -0.2) is 0 Å². The Balaban J connectivity index is 2.05. The van der Waals surface area contributed by atoms with Crippen molar-refractivity contribution in [3.63, 3.8) is 0 Å². The van der Waals surface area contributed by atoms with Gasteiger partial charge in [-0.05, 0) is 17.7 Å². The summed E-state index contributed by atoms with van der Waals surface area (Å²) < 4.78 is 5.00. The number of hydrogen-bond acceptors (Lipinski definition) is 4. The highest BCUT2D eigenvalue weighted by molar-refractivity contribution is 6.33. The van der Waals surface area contributed by atoms with Crippen molar-refractivity contribution in [3.05, 3.63) is 83.4 Å². The van der Waals surface area contributed by atoms with Crippen LogP contribution in [0.2, 0.25) is 5.02 Å². The third-order valence-electron chi connectivity index (χ3n) is 3.80. The number of ether oxygens (including phenoxy) is 1. The maximum absolute atomic E-state index is 12.6. The summed E-state index contributed by atoms with van der Waals surface area (Å²) in [6, 6.07) is 15.0. The van der Waals surface area contributed by atoms with Gasteiger partial charge in [0.1, 0.15) is 0 Å². The first kappa shape index (κ1) is 21.2. The van der Waals surface area contributed by atoms with E-state index in [1.807, 2.05) is 6.07 Å². The standard InChI is InChI=1S/C21H21ClN2O4/c1-2-12-23-19(25)14-28-20(26)13-18(15-8-4-3-5-9-15)24-21(27)16-10-6-7-11-17(16)22/h2-11,18H,1,12-14H2,(H,23,25)(H,24,27). The summed E-state index contributed by atoms with van der Waals surface area (Å²) in [5, 5.41) is 5.63. The highest BCUT2D eigenvalue weighted by Crippen LogP contribution is 2.20. The lowest BCUT2D eigenvalue weighted by Gasteiger charge is -2.19. The van der Waals surface area contributed by atoms with E-state index in [4.69, 9.17) is 16.3 Å². The lowest BCUT2D eigenvalue weighted by molar-refractivity contribution is -0.149. The maximum Gasteiger partial charge on any atom is 0.308 e. The van der Waals surface area contributed by atoms with E-state index in [-0.39, 0.29) is 13.0 Å². The lowest BCUT2D eigenvalue weighted by Crippen LogP contribution is -2.32. The van der Waals surface area contributed by atoms with Crippen LogP contribution in [0.15, 0.2) is 67.3 Å². The van der Waals surface area contributed by atoms with Crippen LogP contribution in [0.4, 0.5) is 0 Å². The molecule has 1 atom stereocenters. The van der Waals surface area contributed by atoms with Gasteiger partial charge < -0.3 is 15.4 Å². The zero-order valence-electron chi connectivity index (χ0n) is 15.2. The van der Waals surface area contributed by atoms with Gasteiger partial charge in [-0.2, -0.15) is 0 Å². The first-order valence-electron chi connectivity index (χ1n) is 8.64. The third-order valence-corrected chi connectivity index (χ3v) is 4.13. The van der Waals surface area contributed by atoms with Gasteiger partial charge in [0.25, 0.3) is 11.8 Å². The summed E-state index contributed by atoms with van der Waals surface area (Å²) in [6.45, 7) is 3.38. The summed E-state index contributed by atoms with van der Waals surface area (Å²) in [5.41, 5.74) is 1.04. The van der Waals surface area contributed by atoms with Crippen LogP contribution in [-0.4, -0.2) is 30.9 Å². The van der Waals surface area contributed by atoms with Crippen molar-refractivity contribution in [1.29, 1.82) is 0 Å². The molecule has 1 unspecified atom stereocenters. The van der Waals surface area contributed by atoms with Crippen LogP contribution in [-0.2, 0) is 14.3 Å². The molecule has 0 radical (unpaired) electrons. The Hall–Kier alpha value is -3.12. The molecule has 7 heteroatoms. The van der Waals surface area contributed by atoms with Crippen LogP contribution < -0.4 is 10.6 Å². The van der Waals surface area contributed by atoms with E-state index in [1.165, 1.54) is 6.08 Å². The molecule has 0 aliphatic heterocycles. The fourth-order valence-corrected chi connectivity index (χ4v) is 2.65. The molecular weight excluding hydrogens is 380 g/mol. The van der Waals surface area contributed by atoms with Gasteiger partial charge in [-0.15, -0.1) is 6.58 Å². The minimum Gasteiger partial charge on any atom is -0.456 e. The van der Waals surface area contributed by atoms with E-state index in [2.05, 4.69) is 17.2 Å². The smallest absolute Gasteiger partial charge is 0.308 e. The summed E-state index contributed by atoms with van der Waals surface area (Å²) in [6.07, 6.45) is 1.39. The van der Waals surface area contributed by atoms with E-state index in [9.17, 15) is 14.4 Å². The van der Waals surface area contributed by atoms with Gasteiger partial charge in [0.15, 0.2) is 6.61 Å². The molecule has 2 aromatic carbocycles. The van der Waals surface area contributed by atoms with Crippen molar-refractivity contribution in [2.45, 2.75) is 12.5 Å². The Kier molecular flexibility index (Phi) is 8.24. The van der Waals surface area contributed by atoms with E-state index in [0.717, 1.165) is 5.56 Å². The summed E-state index contributed by atoms with van der Waals surface area (Å²) >= 11 is 6.08. The van der Waals surface area contributed by atoms with Gasteiger partial charge in [0.05, 0.1) is 23.0 Å². The molecule has 0 saturated heterocycles. The number of carbonyl (C=O) groups excluding carboxylic acids is 3. The van der Waals surface area contributed by atoms with Crippen LogP contribution >= 0.6 is 11.6 Å². The van der Waals surface area contributed by atoms with Crippen molar-refractivity contribution in [3.8, 4) is 0 Å². The number of benzene rings is 2. The van der Waals surface area contributed by atoms with Gasteiger partial charge >= 0.3 is 5.97 Å². The molecule has 28 heavy (non-hydrogen) atoms. The second kappa shape index (κ2) is 10.9. The molecule has 0 saturated carbocycles. The van der Waals surface area contributed by atoms with Crippen molar-refractivity contribution in [2.75, 3.05) is 13.2 Å². The number of halogens is 1. The van der Waals surface area contributed by atoms with E-state index < -0.39 is 30.4 Å². The molecule has 0 spiro atoms. The zero-order chi connectivity index (χ0) is 20.4. The molecule has 146 valence electrons. The molecule has 2 aromatic rings. The molecular formula is C21H21ClN2O4. The molecule has 0 aromatic heterocycles. The molecule has 6 nitrogen and oxygen atoms in total. The fraction of sp³-hybridized carbons (Fsp3) is 0.190. The molecule has 0 aliphatic carbocycles. The molecule has 0 bridgehead atoms. The van der Waals surface area contributed by atoms with Crippen molar-refractivity contribution >= 4 is 29.4 Å². The number of amides is 2. The van der Waals surface area contributed by atoms with Gasteiger partial charge in [0.2, 0.25) is 0 Å². The average molecular weight is 401 g/mol. The number of rotatable bonds is 9. The zero-order valence-corrected chi connectivity index (χ0v) is 15.9. The predicted molar refractivity (Wildman–Crippen MR) is 107 cm³/mol. The highest BCUT2D eigenvalue weighted by Gasteiger charge is 2.21. The summed E-state index contributed by atoms with van der Waals surface area (Å²) in [4.78, 5) is 36.3. The maximum atomic E-state index is 12.6. The molecule has 0 heterocycles. The molecule has 2 rings (SSSR count). The first-order chi connectivity index (χ1) is 13.5. The Morgan fingerprint density at radius 3 is 2.43 bits per heavy atom. The van der Waals surface area contributed by atoms with Crippen molar-refractivity contribution < 1.29 is 19.1 Å². The quantitative estimate of drug-likeness (QED) is 0.500. The van der Waals surface area contributed by atoms with Crippen LogP contribution in [0.1, 0.15) is 28.4 Å². The second-order valence-electron chi connectivity index (χ2n) is 5.87. The number of carbonyl (C=O) groups is 3. The Morgan fingerprint density at radius 2 is 1.75 bits per heavy atom. The predicted octanol–water partition coefficient (Wildman–Crippen LogP) is 3.05. The normalized spacial score (nSPS) is 11.2. The number of hydrogen-bond donors (Lipinski definition) is 2. The van der Waals surface area contributed by atoms with E-state index >= 15 is 0 Å². The molecule has 0 fully saturated rings. The van der Waals surface area contributed by atoms with Crippen LogP contribution in [0.5, 0.6) is 0 Å². The highest BCUT2D eigenvalue weighted by atomic mass is 35.5. The van der Waals surface area contributed by atoms with Crippen LogP contribution in [0.3, 0.4) is 0 Å². The minimum absolute atomic E-state index is 0.130. The Labute approximate surface area is 168 Å². The summed E-state index contributed by atoms with van der Waals surface area (Å²) in [7, 11) is 0. The van der Waals surface area contributed by atoms with Crippen LogP contribution in [0, 0.1) is 0 Å². The molecule has 2 amide bonds. The fourth-order valence-electron chi connectivity index (χ4n) is 2.43. The lowest BCUT2D eigenvalue weighted by atomic mass is 10.0. The SMILES string of the molecule is C=CCNC(=O)COC(=O)CC(NC(=O)c1ccccc1Cl)c1ccccc1. The van der Waals surface area contributed by atoms with Crippen molar-refractivity contribution in [2.24, 2.45) is 0 Å². The minimum atomic E-state index is -0.631. The summed E-state index contributed by atoms with van der Waals surface area (Å²) in [5.74, 6) is -1.44. The monoisotopic (exact) mass is 400 g/mol. The third kappa shape index (κ3) is 6.55. The topological polar surface area (TPSA) is 84.5 Å².